The van der Waals surface area contributed by atoms with Gasteiger partial charge in [0.2, 0.25) is 0 Å². The lowest BCUT2D eigenvalue weighted by Crippen LogP contribution is -2.10. The molecule has 4 nitrogen and oxygen atoms in total. The van der Waals surface area contributed by atoms with E-state index in [1.807, 2.05) is 17.6 Å². The Morgan fingerprint density at radius 3 is 2.79 bits per heavy atom. The molecule has 2 aromatic carbocycles. The van der Waals surface area contributed by atoms with Crippen LogP contribution in [0.15, 0.2) is 53.7 Å². The van der Waals surface area contributed by atoms with E-state index in [2.05, 4.69) is 16.0 Å². The average molecular weight is 316 g/mol. The van der Waals surface area contributed by atoms with Crippen LogP contribution in [0.2, 0.25) is 0 Å². The number of rotatable bonds is 1. The van der Waals surface area contributed by atoms with E-state index in [-0.39, 0.29) is 5.82 Å². The summed E-state index contributed by atoms with van der Waals surface area (Å²) >= 11 is 0. The van der Waals surface area contributed by atoms with Gasteiger partial charge in [-0.15, -0.1) is 0 Å². The van der Waals surface area contributed by atoms with Gasteiger partial charge in [-0.1, -0.05) is 12.1 Å². The molecule has 4 rings (SSSR count). The number of hydrogen-bond donors (Lipinski definition) is 0. The Balaban J connectivity index is 2.04. The summed E-state index contributed by atoms with van der Waals surface area (Å²) < 4.78 is 16.4. The zero-order valence-electron chi connectivity index (χ0n) is 13.0. The van der Waals surface area contributed by atoms with Crippen LogP contribution in [0.1, 0.15) is 28.2 Å². The van der Waals surface area contributed by atoms with Crippen molar-refractivity contribution in [2.45, 2.75) is 13.5 Å². The molecule has 0 spiro atoms. The Morgan fingerprint density at radius 2 is 2.00 bits per heavy atom. The zero-order chi connectivity index (χ0) is 16.7. The Morgan fingerprint density at radius 1 is 1.17 bits per heavy atom. The van der Waals surface area contributed by atoms with Crippen molar-refractivity contribution < 1.29 is 4.39 Å². The van der Waals surface area contributed by atoms with E-state index < -0.39 is 0 Å². The molecule has 0 N–H and O–H groups in total. The van der Waals surface area contributed by atoms with Crippen molar-refractivity contribution in [3.05, 3.63) is 82.7 Å². The minimum atomic E-state index is -0.328. The lowest BCUT2D eigenvalue weighted by molar-refractivity contribution is 0.625. The van der Waals surface area contributed by atoms with Gasteiger partial charge in [-0.05, 0) is 37.3 Å². The fraction of sp³-hybridized carbons (Fsp3) is 0.105. The number of hydrogen-bond acceptors (Lipinski definition) is 3. The molecular weight excluding hydrogens is 303 g/mol. The second-order valence-corrected chi connectivity index (χ2v) is 5.62. The maximum atomic E-state index is 14.4. The van der Waals surface area contributed by atoms with Crippen molar-refractivity contribution in [3.8, 4) is 11.8 Å². The minimum absolute atomic E-state index is 0.328. The topological polar surface area (TPSA) is 54.0 Å². The molecule has 1 aliphatic heterocycles. The summed E-state index contributed by atoms with van der Waals surface area (Å²) in [7, 11) is 0. The second kappa shape index (κ2) is 5.43. The van der Waals surface area contributed by atoms with E-state index >= 15 is 0 Å². The van der Waals surface area contributed by atoms with Crippen LogP contribution in [-0.4, -0.2) is 15.3 Å². The first-order valence-electron chi connectivity index (χ1n) is 7.56. The Bertz CT molecular complexity index is 1020. The molecule has 0 saturated heterocycles. The van der Waals surface area contributed by atoms with Gasteiger partial charge in [0.1, 0.15) is 11.6 Å². The van der Waals surface area contributed by atoms with Crippen LogP contribution in [0.3, 0.4) is 0 Å². The van der Waals surface area contributed by atoms with Gasteiger partial charge < -0.3 is 0 Å². The van der Waals surface area contributed by atoms with E-state index in [4.69, 9.17) is 0 Å². The molecule has 0 aliphatic carbocycles. The lowest BCUT2D eigenvalue weighted by atomic mass is 9.98. The summed E-state index contributed by atoms with van der Waals surface area (Å²) in [6.45, 7) is 2.32. The maximum Gasteiger partial charge on any atom is 0.132 e. The van der Waals surface area contributed by atoms with Crippen molar-refractivity contribution in [2.24, 2.45) is 4.99 Å². The molecule has 5 heteroatoms. The van der Waals surface area contributed by atoms with E-state index in [9.17, 15) is 9.65 Å². The monoisotopic (exact) mass is 316 g/mol. The molecule has 116 valence electrons. The fourth-order valence-corrected chi connectivity index (χ4v) is 3.05. The van der Waals surface area contributed by atoms with Crippen LogP contribution in [0, 0.1) is 24.1 Å². The van der Waals surface area contributed by atoms with E-state index in [0.717, 1.165) is 22.8 Å². The molecule has 0 amide bonds. The normalized spacial score (nSPS) is 12.6. The predicted octanol–water partition coefficient (Wildman–Crippen LogP) is 3.54. The van der Waals surface area contributed by atoms with E-state index in [1.165, 1.54) is 6.07 Å². The Hall–Kier alpha value is -3.26. The third-order valence-electron chi connectivity index (χ3n) is 4.16. The number of nitriles is 1. The average Bonchev–Trinajstić information content (AvgIpc) is 2.88. The fourth-order valence-electron chi connectivity index (χ4n) is 3.05. The van der Waals surface area contributed by atoms with Crippen LogP contribution in [-0.2, 0) is 6.54 Å². The summed E-state index contributed by atoms with van der Waals surface area (Å²) in [5, 5.41) is 9.25. The van der Waals surface area contributed by atoms with Crippen LogP contribution >= 0.6 is 0 Å². The summed E-state index contributed by atoms with van der Waals surface area (Å²) in [5.41, 5.74) is 4.04. The van der Waals surface area contributed by atoms with E-state index in [0.29, 0.717) is 23.4 Å². The first-order valence-corrected chi connectivity index (χ1v) is 7.56. The third kappa shape index (κ3) is 2.12. The molecule has 0 fully saturated rings. The number of aryl methyl sites for hydroxylation is 1. The lowest BCUT2D eigenvalue weighted by Gasteiger charge is -2.14. The van der Waals surface area contributed by atoms with Crippen molar-refractivity contribution in [1.29, 1.82) is 5.26 Å². The van der Waals surface area contributed by atoms with Gasteiger partial charge in [-0.3, -0.25) is 9.56 Å². The van der Waals surface area contributed by atoms with Crippen molar-refractivity contribution in [3.63, 3.8) is 0 Å². The summed E-state index contributed by atoms with van der Waals surface area (Å²) in [6, 6.07) is 14.1. The first kappa shape index (κ1) is 14.3. The summed E-state index contributed by atoms with van der Waals surface area (Å²) in [5.74, 6) is 0.506. The standard InChI is InChI=1S/C19H13FN4/c1-12-22-10-14-11-23-19(15-4-2-3-5-17(15)20)16-8-13(9-21)6-7-18(16)24(12)14/h2-8,10H,11H2,1H3. The highest BCUT2D eigenvalue weighted by Gasteiger charge is 2.22. The minimum Gasteiger partial charge on any atom is -0.298 e. The molecule has 0 saturated carbocycles. The number of fused-ring (bicyclic) bond motifs is 3. The molecular formula is C19H13FN4. The van der Waals surface area contributed by atoms with Crippen LogP contribution in [0.4, 0.5) is 4.39 Å². The summed E-state index contributed by atoms with van der Waals surface area (Å²) in [4.78, 5) is 8.98. The van der Waals surface area contributed by atoms with Gasteiger partial charge in [0.25, 0.3) is 0 Å². The molecule has 0 unspecified atom stereocenters. The van der Waals surface area contributed by atoms with Crippen LogP contribution in [0.25, 0.3) is 5.69 Å². The highest BCUT2D eigenvalue weighted by Crippen LogP contribution is 2.28. The smallest absolute Gasteiger partial charge is 0.132 e. The van der Waals surface area contributed by atoms with Crippen molar-refractivity contribution in [1.82, 2.24) is 9.55 Å². The molecule has 0 atom stereocenters. The molecule has 2 heterocycles. The number of benzene rings is 2. The number of aromatic nitrogens is 2. The van der Waals surface area contributed by atoms with Gasteiger partial charge in [0.05, 0.1) is 41.5 Å². The van der Waals surface area contributed by atoms with Gasteiger partial charge in [0, 0.05) is 11.1 Å². The van der Waals surface area contributed by atoms with Gasteiger partial charge in [0.15, 0.2) is 0 Å². The zero-order valence-corrected chi connectivity index (χ0v) is 13.0. The third-order valence-corrected chi connectivity index (χ3v) is 4.16. The van der Waals surface area contributed by atoms with Gasteiger partial charge in [-0.25, -0.2) is 9.37 Å². The second-order valence-electron chi connectivity index (χ2n) is 5.62. The Labute approximate surface area is 138 Å². The quantitative estimate of drug-likeness (QED) is 0.689. The largest absolute Gasteiger partial charge is 0.298 e. The molecule has 0 radical (unpaired) electrons. The Kier molecular flexibility index (Phi) is 3.24. The molecule has 1 aliphatic rings. The number of imidazole rings is 1. The highest BCUT2D eigenvalue weighted by molar-refractivity contribution is 6.15. The molecule has 1 aromatic heterocycles. The van der Waals surface area contributed by atoms with Crippen LogP contribution in [0.5, 0.6) is 0 Å². The van der Waals surface area contributed by atoms with Crippen molar-refractivity contribution >= 4 is 5.71 Å². The molecule has 3 aromatic rings. The summed E-state index contributed by atoms with van der Waals surface area (Å²) in [6.07, 6.45) is 1.78. The van der Waals surface area contributed by atoms with Crippen LogP contribution < -0.4 is 0 Å². The van der Waals surface area contributed by atoms with Gasteiger partial charge >= 0.3 is 0 Å². The molecule has 24 heavy (non-hydrogen) atoms. The number of aliphatic imine (C=N–C) groups is 1. The van der Waals surface area contributed by atoms with E-state index in [1.54, 1.807) is 36.5 Å². The number of halogens is 1. The maximum absolute atomic E-state index is 14.4. The van der Waals surface area contributed by atoms with Crippen molar-refractivity contribution in [2.75, 3.05) is 0 Å². The highest BCUT2D eigenvalue weighted by atomic mass is 19.1. The number of nitrogens with zero attached hydrogens (tertiary/aromatic N) is 4. The molecule has 0 bridgehead atoms. The SMILES string of the molecule is Cc1ncc2n1-c1ccc(C#N)cc1C(c1ccccc1F)=NC2. The first-order chi connectivity index (χ1) is 11.7. The predicted molar refractivity (Wildman–Crippen MR) is 88.8 cm³/mol. The van der Waals surface area contributed by atoms with Gasteiger partial charge in [-0.2, -0.15) is 5.26 Å².